The minimum absolute atomic E-state index is 0. The zero-order valence-electron chi connectivity index (χ0n) is 15.6. The van der Waals surface area contributed by atoms with E-state index in [9.17, 15) is 4.79 Å². The average Bonchev–Trinajstić information content (AvgIpc) is 2.89. The van der Waals surface area contributed by atoms with Gasteiger partial charge >= 0.3 is 0 Å². The zero-order chi connectivity index (χ0) is 16.8. The smallest absolute Gasteiger partial charge is 0.254 e. The summed E-state index contributed by atoms with van der Waals surface area (Å²) in [7, 11) is 0. The van der Waals surface area contributed by atoms with E-state index in [-0.39, 0.29) is 18.3 Å². The van der Waals surface area contributed by atoms with Crippen molar-refractivity contribution in [2.45, 2.75) is 64.3 Å². The number of amides is 1. The van der Waals surface area contributed by atoms with E-state index in [1.165, 1.54) is 57.2 Å². The van der Waals surface area contributed by atoms with Crippen molar-refractivity contribution in [3.05, 3.63) is 35.4 Å². The van der Waals surface area contributed by atoms with E-state index < -0.39 is 0 Å². The Bertz CT molecular complexity index is 523. The van der Waals surface area contributed by atoms with Gasteiger partial charge in [-0.2, -0.15) is 0 Å². The van der Waals surface area contributed by atoms with Crippen LogP contribution in [0.1, 0.15) is 67.3 Å². The highest BCUT2D eigenvalue weighted by Gasteiger charge is 2.27. The summed E-state index contributed by atoms with van der Waals surface area (Å²) in [5, 5.41) is 0. The Morgan fingerprint density at radius 1 is 0.960 bits per heavy atom. The van der Waals surface area contributed by atoms with E-state index in [0.717, 1.165) is 31.5 Å². The molecular weight excluding hydrogens is 332 g/mol. The van der Waals surface area contributed by atoms with Crippen LogP contribution in [0, 0.1) is 6.92 Å². The lowest BCUT2D eigenvalue weighted by atomic mass is 9.97. The standard InChI is InChI=1S/C21H32N2O.ClH/c1-18-9-11-19(12-10-18)21(24)23-16-7-4-8-20(23)13-17-22-14-5-2-3-6-15-22;/h9-12,20H,2-8,13-17H2,1H3;1H. The van der Waals surface area contributed by atoms with Gasteiger partial charge in [-0.3, -0.25) is 4.79 Å². The molecule has 1 unspecified atom stereocenters. The molecule has 0 bridgehead atoms. The molecule has 0 aliphatic carbocycles. The first-order chi connectivity index (χ1) is 11.7. The molecule has 3 rings (SSSR count). The van der Waals surface area contributed by atoms with Crippen molar-refractivity contribution >= 4 is 18.3 Å². The van der Waals surface area contributed by atoms with Gasteiger partial charge in [-0.1, -0.05) is 30.5 Å². The number of nitrogens with zero attached hydrogens (tertiary/aromatic N) is 2. The summed E-state index contributed by atoms with van der Waals surface area (Å²) < 4.78 is 0. The van der Waals surface area contributed by atoms with Crippen LogP contribution in [0.3, 0.4) is 0 Å². The summed E-state index contributed by atoms with van der Waals surface area (Å²) in [6.45, 7) is 6.65. The SMILES string of the molecule is Cc1ccc(C(=O)N2CCCCC2CCN2CCCCCC2)cc1.Cl. The van der Waals surface area contributed by atoms with E-state index in [0.29, 0.717) is 6.04 Å². The van der Waals surface area contributed by atoms with Crippen LogP contribution in [0.4, 0.5) is 0 Å². The molecule has 1 amide bonds. The quantitative estimate of drug-likeness (QED) is 0.774. The van der Waals surface area contributed by atoms with Crippen LogP contribution < -0.4 is 0 Å². The third-order valence-corrected chi connectivity index (χ3v) is 5.66. The largest absolute Gasteiger partial charge is 0.336 e. The molecular formula is C21H33ClN2O. The summed E-state index contributed by atoms with van der Waals surface area (Å²) in [4.78, 5) is 17.7. The minimum atomic E-state index is 0. The van der Waals surface area contributed by atoms with Crippen molar-refractivity contribution in [3.63, 3.8) is 0 Å². The molecule has 2 aliphatic heterocycles. The summed E-state index contributed by atoms with van der Waals surface area (Å²) in [5.74, 6) is 0.232. The molecule has 140 valence electrons. The molecule has 4 heteroatoms. The third-order valence-electron chi connectivity index (χ3n) is 5.66. The number of benzene rings is 1. The van der Waals surface area contributed by atoms with Gasteiger partial charge in [-0.25, -0.2) is 0 Å². The predicted octanol–water partition coefficient (Wildman–Crippen LogP) is 4.68. The molecule has 1 atom stereocenters. The van der Waals surface area contributed by atoms with Gasteiger partial charge in [0.15, 0.2) is 0 Å². The molecule has 0 N–H and O–H groups in total. The monoisotopic (exact) mass is 364 g/mol. The maximum absolute atomic E-state index is 12.9. The molecule has 0 spiro atoms. The highest BCUT2D eigenvalue weighted by molar-refractivity contribution is 5.94. The predicted molar refractivity (Wildman–Crippen MR) is 107 cm³/mol. The van der Waals surface area contributed by atoms with Gasteiger partial charge in [0.2, 0.25) is 0 Å². The molecule has 25 heavy (non-hydrogen) atoms. The van der Waals surface area contributed by atoms with Crippen LogP contribution in [0.15, 0.2) is 24.3 Å². The van der Waals surface area contributed by atoms with Gasteiger partial charge < -0.3 is 9.80 Å². The van der Waals surface area contributed by atoms with Crippen LogP contribution in [-0.4, -0.2) is 47.9 Å². The van der Waals surface area contributed by atoms with Crippen LogP contribution in [-0.2, 0) is 0 Å². The van der Waals surface area contributed by atoms with E-state index >= 15 is 0 Å². The Balaban J connectivity index is 0.00000225. The van der Waals surface area contributed by atoms with Crippen molar-refractivity contribution in [2.75, 3.05) is 26.2 Å². The fourth-order valence-electron chi connectivity index (χ4n) is 4.12. The first kappa shape index (κ1) is 20.3. The normalized spacial score (nSPS) is 22.1. The summed E-state index contributed by atoms with van der Waals surface area (Å²) in [6, 6.07) is 8.49. The molecule has 0 aromatic heterocycles. The second-order valence-electron chi connectivity index (χ2n) is 7.56. The van der Waals surface area contributed by atoms with Gasteiger partial charge in [0.25, 0.3) is 5.91 Å². The molecule has 2 fully saturated rings. The Hall–Kier alpha value is -1.06. The average molecular weight is 365 g/mol. The Kier molecular flexibility index (Phi) is 8.25. The number of piperidine rings is 1. The lowest BCUT2D eigenvalue weighted by Crippen LogP contribution is -2.45. The minimum Gasteiger partial charge on any atom is -0.336 e. The molecule has 2 heterocycles. The summed E-state index contributed by atoms with van der Waals surface area (Å²) in [6.07, 6.45) is 10.2. The number of carbonyl (C=O) groups is 1. The molecule has 1 aromatic carbocycles. The van der Waals surface area contributed by atoms with Crippen molar-refractivity contribution in [1.82, 2.24) is 9.80 Å². The van der Waals surface area contributed by atoms with Crippen molar-refractivity contribution in [1.29, 1.82) is 0 Å². The van der Waals surface area contributed by atoms with Gasteiger partial charge in [-0.15, -0.1) is 12.4 Å². The van der Waals surface area contributed by atoms with Crippen molar-refractivity contribution in [2.24, 2.45) is 0 Å². The fraction of sp³-hybridized carbons (Fsp3) is 0.667. The maximum atomic E-state index is 12.9. The highest BCUT2D eigenvalue weighted by atomic mass is 35.5. The second kappa shape index (κ2) is 10.2. The number of hydrogen-bond donors (Lipinski definition) is 0. The first-order valence-electron chi connectivity index (χ1n) is 9.84. The van der Waals surface area contributed by atoms with E-state index in [4.69, 9.17) is 0 Å². The second-order valence-corrected chi connectivity index (χ2v) is 7.56. The molecule has 2 saturated heterocycles. The van der Waals surface area contributed by atoms with Crippen molar-refractivity contribution < 1.29 is 4.79 Å². The Morgan fingerprint density at radius 3 is 2.28 bits per heavy atom. The van der Waals surface area contributed by atoms with Gasteiger partial charge in [0, 0.05) is 24.7 Å². The number of halogens is 1. The molecule has 3 nitrogen and oxygen atoms in total. The highest BCUT2D eigenvalue weighted by Crippen LogP contribution is 2.23. The molecule has 1 aromatic rings. The van der Waals surface area contributed by atoms with E-state index in [1.807, 2.05) is 24.3 Å². The lowest BCUT2D eigenvalue weighted by molar-refractivity contribution is 0.0584. The van der Waals surface area contributed by atoms with Gasteiger partial charge in [-0.05, 0) is 70.7 Å². The summed E-state index contributed by atoms with van der Waals surface area (Å²) in [5.41, 5.74) is 2.06. The maximum Gasteiger partial charge on any atom is 0.254 e. The number of rotatable bonds is 4. The van der Waals surface area contributed by atoms with Crippen molar-refractivity contribution in [3.8, 4) is 0 Å². The summed E-state index contributed by atoms with van der Waals surface area (Å²) >= 11 is 0. The Morgan fingerprint density at radius 2 is 1.60 bits per heavy atom. The topological polar surface area (TPSA) is 23.6 Å². The number of aryl methyl sites for hydroxylation is 1. The molecule has 0 radical (unpaired) electrons. The van der Waals surface area contributed by atoms with Crippen LogP contribution in [0.25, 0.3) is 0 Å². The van der Waals surface area contributed by atoms with Gasteiger partial charge in [0.05, 0.1) is 0 Å². The van der Waals surface area contributed by atoms with Gasteiger partial charge in [0.1, 0.15) is 0 Å². The van der Waals surface area contributed by atoms with E-state index in [1.54, 1.807) is 0 Å². The van der Waals surface area contributed by atoms with Crippen LogP contribution in [0.2, 0.25) is 0 Å². The van der Waals surface area contributed by atoms with E-state index in [2.05, 4.69) is 16.7 Å². The third kappa shape index (κ3) is 5.72. The molecule has 2 aliphatic rings. The number of carbonyl (C=O) groups excluding carboxylic acids is 1. The lowest BCUT2D eigenvalue weighted by Gasteiger charge is -2.37. The zero-order valence-corrected chi connectivity index (χ0v) is 16.4. The molecule has 0 saturated carbocycles. The van der Waals surface area contributed by atoms with Crippen LogP contribution in [0.5, 0.6) is 0 Å². The Labute approximate surface area is 159 Å². The van der Waals surface area contributed by atoms with Crippen LogP contribution >= 0.6 is 12.4 Å². The first-order valence-corrected chi connectivity index (χ1v) is 9.84. The number of likely N-dealkylation sites (tertiary alicyclic amines) is 2. The fourth-order valence-corrected chi connectivity index (χ4v) is 4.12. The number of hydrogen-bond acceptors (Lipinski definition) is 2.